The smallest absolute Gasteiger partial charge is 0.407 e. The number of amides is 1. The van der Waals surface area contributed by atoms with Gasteiger partial charge in [-0.25, -0.2) is 4.79 Å². The van der Waals surface area contributed by atoms with Crippen LogP contribution in [0, 0.1) is 0 Å². The Labute approximate surface area is 116 Å². The van der Waals surface area contributed by atoms with Gasteiger partial charge in [-0.15, -0.1) is 0 Å². The molecule has 1 rings (SSSR count). The number of aliphatic hydroxyl groups is 1. The second kappa shape index (κ2) is 6.07. The molecule has 6 heteroatoms. The highest BCUT2D eigenvalue weighted by molar-refractivity contribution is 6.74. The van der Waals surface area contributed by atoms with E-state index in [4.69, 9.17) is 14.3 Å². The molecule has 2 N–H and O–H groups in total. The average molecular weight is 287 g/mol. The highest BCUT2D eigenvalue weighted by atomic mass is 28.4. The predicted molar refractivity (Wildman–Crippen MR) is 76.6 cm³/mol. The molecule has 1 fully saturated rings. The molecular formula is C13H25NO4Si. The summed E-state index contributed by atoms with van der Waals surface area (Å²) in [6, 6.07) is -0.190. The van der Waals surface area contributed by atoms with Crippen LogP contribution in [0.4, 0.5) is 4.79 Å². The molecule has 0 radical (unpaired) electrons. The largest absolute Gasteiger partial charge is 0.447 e. The third-order valence-corrected chi connectivity index (χ3v) is 8.24. The Bertz CT molecular complexity index is 349. The minimum Gasteiger partial charge on any atom is -0.447 e. The SMILES string of the molecule is CC(C)(C)[Si](C)(C)O[C@@H](/C=C\CO)[C@H]1COC(=O)N1. The van der Waals surface area contributed by atoms with Crippen LogP contribution in [-0.2, 0) is 9.16 Å². The Morgan fingerprint density at radius 2 is 2.21 bits per heavy atom. The van der Waals surface area contributed by atoms with Crippen molar-refractivity contribution in [2.75, 3.05) is 13.2 Å². The van der Waals surface area contributed by atoms with E-state index in [1.54, 1.807) is 12.2 Å². The maximum Gasteiger partial charge on any atom is 0.407 e. The fraction of sp³-hybridized carbons (Fsp3) is 0.769. The normalized spacial score (nSPS) is 22.4. The van der Waals surface area contributed by atoms with Gasteiger partial charge in [-0.2, -0.15) is 0 Å². The standard InChI is InChI=1S/C13H25NO4Si/c1-13(2,3)19(4,5)18-11(7-6-8-15)10-9-17-12(16)14-10/h6-7,10-11,15H,8-9H2,1-5H3,(H,14,16)/b7-6-/t10-,11+/m1/s1. The van der Waals surface area contributed by atoms with Crippen molar-refractivity contribution in [3.8, 4) is 0 Å². The Hall–Kier alpha value is -0.853. The lowest BCUT2D eigenvalue weighted by Gasteiger charge is -2.39. The van der Waals surface area contributed by atoms with Crippen LogP contribution >= 0.6 is 0 Å². The van der Waals surface area contributed by atoms with Gasteiger partial charge in [-0.05, 0) is 18.1 Å². The Kier molecular flexibility index (Phi) is 5.17. The van der Waals surface area contributed by atoms with Gasteiger partial charge in [0.25, 0.3) is 0 Å². The fourth-order valence-electron chi connectivity index (χ4n) is 1.54. The predicted octanol–water partition coefficient (Wildman–Crippen LogP) is 2.03. The number of nitrogens with one attached hydrogen (secondary N) is 1. The van der Waals surface area contributed by atoms with Gasteiger partial charge in [0.2, 0.25) is 0 Å². The molecule has 0 unspecified atom stereocenters. The molecule has 5 nitrogen and oxygen atoms in total. The van der Waals surface area contributed by atoms with Crippen LogP contribution in [0.2, 0.25) is 18.1 Å². The Balaban J connectivity index is 2.81. The van der Waals surface area contributed by atoms with Gasteiger partial charge in [0, 0.05) is 0 Å². The molecule has 0 saturated carbocycles. The summed E-state index contributed by atoms with van der Waals surface area (Å²) in [6.07, 6.45) is 2.77. The van der Waals surface area contributed by atoms with E-state index in [1.807, 2.05) is 0 Å². The van der Waals surface area contributed by atoms with Gasteiger partial charge in [-0.1, -0.05) is 32.9 Å². The van der Waals surface area contributed by atoms with Crippen molar-refractivity contribution in [2.45, 2.75) is 51.0 Å². The van der Waals surface area contributed by atoms with Crippen LogP contribution in [0.15, 0.2) is 12.2 Å². The van der Waals surface area contributed by atoms with E-state index in [9.17, 15) is 4.79 Å². The molecule has 0 bridgehead atoms. The Morgan fingerprint density at radius 3 is 2.63 bits per heavy atom. The van der Waals surface area contributed by atoms with Crippen molar-refractivity contribution in [3.63, 3.8) is 0 Å². The number of cyclic esters (lactones) is 1. The van der Waals surface area contributed by atoms with E-state index in [0.717, 1.165) is 0 Å². The molecule has 1 aliphatic rings. The highest BCUT2D eigenvalue weighted by Gasteiger charge is 2.41. The number of carbonyl (C=O) groups excluding carboxylic acids is 1. The summed E-state index contributed by atoms with van der Waals surface area (Å²) in [5.74, 6) is 0. The molecule has 110 valence electrons. The number of aliphatic hydroxyl groups excluding tert-OH is 1. The number of alkyl carbamates (subject to hydrolysis) is 1. The Morgan fingerprint density at radius 1 is 1.58 bits per heavy atom. The number of rotatable bonds is 5. The lowest BCUT2D eigenvalue weighted by atomic mass is 10.2. The molecular weight excluding hydrogens is 262 g/mol. The quantitative estimate of drug-likeness (QED) is 0.600. The van der Waals surface area contributed by atoms with Crippen LogP contribution in [0.3, 0.4) is 0 Å². The molecule has 0 aromatic carbocycles. The van der Waals surface area contributed by atoms with Crippen LogP contribution in [0.25, 0.3) is 0 Å². The third kappa shape index (κ3) is 4.33. The first-order valence-electron chi connectivity index (χ1n) is 6.56. The molecule has 1 aliphatic heterocycles. The lowest BCUT2D eigenvalue weighted by molar-refractivity contribution is 0.159. The first kappa shape index (κ1) is 16.2. The minimum atomic E-state index is -1.95. The zero-order valence-electron chi connectivity index (χ0n) is 12.4. The molecule has 0 spiro atoms. The number of hydrogen-bond acceptors (Lipinski definition) is 4. The van der Waals surface area contributed by atoms with Crippen molar-refractivity contribution in [1.29, 1.82) is 0 Å². The lowest BCUT2D eigenvalue weighted by Crippen LogP contribution is -2.49. The van der Waals surface area contributed by atoms with Crippen molar-refractivity contribution in [3.05, 3.63) is 12.2 Å². The van der Waals surface area contributed by atoms with Gasteiger partial charge in [0.05, 0.1) is 18.8 Å². The van der Waals surface area contributed by atoms with Crippen LogP contribution in [0.1, 0.15) is 20.8 Å². The molecule has 2 atom stereocenters. The summed E-state index contributed by atoms with van der Waals surface area (Å²) in [5.41, 5.74) is 0. The van der Waals surface area contributed by atoms with Crippen molar-refractivity contribution in [2.24, 2.45) is 0 Å². The van der Waals surface area contributed by atoms with Crippen LogP contribution < -0.4 is 5.32 Å². The number of hydrogen-bond donors (Lipinski definition) is 2. The van der Waals surface area contributed by atoms with E-state index in [-0.39, 0.29) is 23.8 Å². The van der Waals surface area contributed by atoms with Crippen molar-refractivity contribution >= 4 is 14.4 Å². The third-order valence-electron chi connectivity index (χ3n) is 3.76. The first-order chi connectivity index (χ1) is 8.67. The van der Waals surface area contributed by atoms with Gasteiger partial charge in [0.15, 0.2) is 8.32 Å². The summed E-state index contributed by atoms with van der Waals surface area (Å²) >= 11 is 0. The van der Waals surface area contributed by atoms with E-state index < -0.39 is 14.4 Å². The second-order valence-corrected chi connectivity index (χ2v) is 11.1. The second-order valence-electron chi connectivity index (χ2n) is 6.30. The van der Waals surface area contributed by atoms with Crippen molar-refractivity contribution < 1.29 is 19.1 Å². The molecule has 1 amide bonds. The zero-order chi connectivity index (χ0) is 14.7. The first-order valence-corrected chi connectivity index (χ1v) is 9.47. The number of carbonyl (C=O) groups is 1. The monoisotopic (exact) mass is 287 g/mol. The highest BCUT2D eigenvalue weighted by Crippen LogP contribution is 2.37. The number of ether oxygens (including phenoxy) is 1. The maximum absolute atomic E-state index is 11.1. The molecule has 1 saturated heterocycles. The van der Waals surface area contributed by atoms with Gasteiger partial charge >= 0.3 is 6.09 Å². The van der Waals surface area contributed by atoms with E-state index >= 15 is 0 Å². The van der Waals surface area contributed by atoms with E-state index in [0.29, 0.717) is 6.61 Å². The minimum absolute atomic E-state index is 0.0428. The summed E-state index contributed by atoms with van der Waals surface area (Å²) in [7, 11) is -1.95. The molecule has 19 heavy (non-hydrogen) atoms. The van der Waals surface area contributed by atoms with Gasteiger partial charge in [-0.3, -0.25) is 0 Å². The van der Waals surface area contributed by atoms with Crippen LogP contribution in [-0.4, -0.2) is 44.9 Å². The summed E-state index contributed by atoms with van der Waals surface area (Å²) in [5, 5.41) is 11.7. The summed E-state index contributed by atoms with van der Waals surface area (Å²) < 4.78 is 11.2. The molecule has 0 aromatic rings. The van der Waals surface area contributed by atoms with Crippen LogP contribution in [0.5, 0.6) is 0 Å². The van der Waals surface area contributed by atoms with Gasteiger partial charge < -0.3 is 19.6 Å². The topological polar surface area (TPSA) is 67.8 Å². The average Bonchev–Trinajstić information content (AvgIpc) is 2.69. The molecule has 1 heterocycles. The zero-order valence-corrected chi connectivity index (χ0v) is 13.4. The van der Waals surface area contributed by atoms with Gasteiger partial charge in [0.1, 0.15) is 6.61 Å². The fourth-order valence-corrected chi connectivity index (χ4v) is 2.82. The van der Waals surface area contributed by atoms with E-state index in [1.165, 1.54) is 0 Å². The van der Waals surface area contributed by atoms with Crippen molar-refractivity contribution in [1.82, 2.24) is 5.32 Å². The summed E-state index contributed by atoms with van der Waals surface area (Å²) in [6.45, 7) is 11.1. The maximum atomic E-state index is 11.1. The molecule has 0 aromatic heterocycles. The summed E-state index contributed by atoms with van der Waals surface area (Å²) in [4.78, 5) is 11.1. The van der Waals surface area contributed by atoms with E-state index in [2.05, 4.69) is 39.2 Å². The molecule has 0 aliphatic carbocycles.